The molecule has 0 unspecified atom stereocenters. The van der Waals surface area contributed by atoms with Gasteiger partial charge in [-0.2, -0.15) is 0 Å². The Morgan fingerprint density at radius 2 is 2.23 bits per heavy atom. The number of urea groups is 1. The monoisotopic (exact) mass is 312 g/mol. The van der Waals surface area contributed by atoms with Gasteiger partial charge in [-0.3, -0.25) is 0 Å². The minimum Gasteiger partial charge on any atom is -0.316 e. The molecule has 1 N–H and O–H groups in total. The van der Waals surface area contributed by atoms with Crippen LogP contribution in [0.15, 0.2) is 42.0 Å². The first-order chi connectivity index (χ1) is 10.7. The highest BCUT2D eigenvalue weighted by Gasteiger charge is 2.28. The molecule has 0 spiro atoms. The number of carbonyl (C=O) groups excluding carboxylic acids is 1. The third-order valence-corrected chi connectivity index (χ3v) is 5.20. The Balaban J connectivity index is 1.58. The van der Waals surface area contributed by atoms with Gasteiger partial charge in [0, 0.05) is 11.4 Å². The van der Waals surface area contributed by atoms with Crippen LogP contribution in [0.4, 0.5) is 4.79 Å². The number of nitrogens with zero attached hydrogens (tertiary/aromatic N) is 3. The second-order valence-electron chi connectivity index (χ2n) is 5.44. The summed E-state index contributed by atoms with van der Waals surface area (Å²) in [4.78, 5) is 20.2. The Labute approximate surface area is 132 Å². The number of imidazole rings is 1. The summed E-state index contributed by atoms with van der Waals surface area (Å²) in [5.74, 6) is 0. The van der Waals surface area contributed by atoms with E-state index in [1.54, 1.807) is 22.3 Å². The third kappa shape index (κ3) is 2.07. The normalized spacial score (nSPS) is 17.5. The smallest absolute Gasteiger partial charge is 0.316 e. The Morgan fingerprint density at radius 1 is 1.36 bits per heavy atom. The molecule has 1 atom stereocenters. The van der Waals surface area contributed by atoms with Crippen molar-refractivity contribution in [2.75, 3.05) is 12.0 Å². The van der Waals surface area contributed by atoms with Gasteiger partial charge in [0.25, 0.3) is 0 Å². The quantitative estimate of drug-likeness (QED) is 0.749. The maximum atomic E-state index is 12.6. The molecule has 0 saturated heterocycles. The second kappa shape index (κ2) is 5.14. The molecule has 3 heterocycles. The molecule has 0 aliphatic carbocycles. The number of aromatic nitrogens is 2. The van der Waals surface area contributed by atoms with E-state index in [4.69, 9.17) is 0 Å². The standard InChI is InChI=1S/C16H16N4OS/c1-11-12-7-9-22-15(12)6-8-19(11)16(21)18-20-10-17-13-4-2-3-5-14(13)20/h2-5,7,9-11H,6,8H2,1H3,(H,18,21)/t11-/m0/s1. The van der Waals surface area contributed by atoms with Crippen molar-refractivity contribution in [2.45, 2.75) is 19.4 Å². The summed E-state index contributed by atoms with van der Waals surface area (Å²) in [5, 5.41) is 2.10. The molecule has 5 nitrogen and oxygen atoms in total. The van der Waals surface area contributed by atoms with E-state index < -0.39 is 0 Å². The lowest BCUT2D eigenvalue weighted by Crippen LogP contribution is -2.43. The number of nitrogens with one attached hydrogen (secondary N) is 1. The number of amides is 2. The van der Waals surface area contributed by atoms with E-state index in [1.807, 2.05) is 29.2 Å². The molecule has 0 fully saturated rings. The van der Waals surface area contributed by atoms with Crippen molar-refractivity contribution in [2.24, 2.45) is 0 Å². The minimum absolute atomic E-state index is 0.0903. The van der Waals surface area contributed by atoms with Gasteiger partial charge in [0.1, 0.15) is 6.33 Å². The Kier molecular flexibility index (Phi) is 3.11. The lowest BCUT2D eigenvalue weighted by molar-refractivity contribution is 0.186. The Morgan fingerprint density at radius 3 is 3.14 bits per heavy atom. The molecule has 1 aliphatic heterocycles. The summed E-state index contributed by atoms with van der Waals surface area (Å²) in [6.45, 7) is 2.82. The molecule has 6 heteroatoms. The first-order valence-electron chi connectivity index (χ1n) is 7.30. The van der Waals surface area contributed by atoms with Crippen LogP contribution in [0.1, 0.15) is 23.4 Å². The van der Waals surface area contributed by atoms with Crippen LogP contribution in [0.2, 0.25) is 0 Å². The van der Waals surface area contributed by atoms with Gasteiger partial charge in [-0.15, -0.1) is 11.3 Å². The van der Waals surface area contributed by atoms with E-state index in [2.05, 4.69) is 28.8 Å². The molecule has 22 heavy (non-hydrogen) atoms. The molecule has 2 amide bonds. The maximum Gasteiger partial charge on any atom is 0.337 e. The van der Waals surface area contributed by atoms with Crippen LogP contribution >= 0.6 is 11.3 Å². The van der Waals surface area contributed by atoms with Crippen molar-refractivity contribution >= 4 is 28.4 Å². The highest BCUT2D eigenvalue weighted by molar-refractivity contribution is 7.10. The van der Waals surface area contributed by atoms with Gasteiger partial charge in [-0.05, 0) is 42.5 Å². The molecule has 1 aromatic carbocycles. The summed E-state index contributed by atoms with van der Waals surface area (Å²) >= 11 is 1.78. The number of carbonyl (C=O) groups is 1. The number of rotatable bonds is 1. The zero-order valence-corrected chi connectivity index (χ0v) is 13.0. The summed E-state index contributed by atoms with van der Waals surface area (Å²) < 4.78 is 1.69. The van der Waals surface area contributed by atoms with Crippen LogP contribution in [0.3, 0.4) is 0 Å². The summed E-state index contributed by atoms with van der Waals surface area (Å²) in [6.07, 6.45) is 2.57. The number of hydrogen-bond acceptors (Lipinski definition) is 3. The van der Waals surface area contributed by atoms with Crippen LogP contribution in [-0.2, 0) is 6.42 Å². The molecule has 112 valence electrons. The molecule has 4 rings (SSSR count). The number of hydrogen-bond donors (Lipinski definition) is 1. The van der Waals surface area contributed by atoms with E-state index >= 15 is 0 Å². The van der Waals surface area contributed by atoms with Gasteiger partial charge in [-0.25, -0.2) is 19.9 Å². The molecule has 0 saturated carbocycles. The first-order valence-corrected chi connectivity index (χ1v) is 8.18. The Bertz CT molecular complexity index is 837. The van der Waals surface area contributed by atoms with Gasteiger partial charge in [0.15, 0.2) is 0 Å². The largest absolute Gasteiger partial charge is 0.337 e. The zero-order valence-electron chi connectivity index (χ0n) is 12.2. The van der Waals surface area contributed by atoms with Crippen molar-refractivity contribution in [1.29, 1.82) is 0 Å². The van der Waals surface area contributed by atoms with Crippen LogP contribution in [0, 0.1) is 0 Å². The fourth-order valence-corrected chi connectivity index (χ4v) is 3.97. The predicted molar refractivity (Wildman–Crippen MR) is 87.6 cm³/mol. The SMILES string of the molecule is C[C@H]1c2ccsc2CCN1C(=O)Nn1cnc2ccccc21. The highest BCUT2D eigenvalue weighted by atomic mass is 32.1. The minimum atomic E-state index is -0.0903. The van der Waals surface area contributed by atoms with Crippen molar-refractivity contribution in [3.63, 3.8) is 0 Å². The van der Waals surface area contributed by atoms with Gasteiger partial charge in [0.2, 0.25) is 0 Å². The molecule has 0 radical (unpaired) electrons. The van der Waals surface area contributed by atoms with Crippen molar-refractivity contribution in [1.82, 2.24) is 14.6 Å². The van der Waals surface area contributed by atoms with Gasteiger partial charge in [-0.1, -0.05) is 12.1 Å². The van der Waals surface area contributed by atoms with Gasteiger partial charge < -0.3 is 4.90 Å². The first kappa shape index (κ1) is 13.3. The van der Waals surface area contributed by atoms with E-state index in [0.29, 0.717) is 0 Å². The molecule has 3 aromatic rings. The highest BCUT2D eigenvalue weighted by Crippen LogP contribution is 2.32. The maximum absolute atomic E-state index is 12.6. The fourth-order valence-electron chi connectivity index (χ4n) is 3.00. The summed E-state index contributed by atoms with van der Waals surface area (Å²) in [6, 6.07) is 9.88. The van der Waals surface area contributed by atoms with E-state index in [9.17, 15) is 4.79 Å². The van der Waals surface area contributed by atoms with Crippen molar-refractivity contribution < 1.29 is 4.79 Å². The Hall–Kier alpha value is -2.34. The second-order valence-corrected chi connectivity index (χ2v) is 6.44. The van der Waals surface area contributed by atoms with Gasteiger partial charge in [0.05, 0.1) is 17.1 Å². The fraction of sp³-hybridized carbons (Fsp3) is 0.250. The zero-order chi connectivity index (χ0) is 15.1. The van der Waals surface area contributed by atoms with Crippen molar-refractivity contribution in [3.8, 4) is 0 Å². The number of thiophene rings is 1. The molecule has 2 aromatic heterocycles. The average Bonchev–Trinajstić information content (AvgIpc) is 3.15. The predicted octanol–water partition coefficient (Wildman–Crippen LogP) is 3.38. The molecular weight excluding hydrogens is 296 g/mol. The van der Waals surface area contributed by atoms with Crippen LogP contribution in [0.25, 0.3) is 11.0 Å². The van der Waals surface area contributed by atoms with Crippen LogP contribution < -0.4 is 5.43 Å². The number of fused-ring (bicyclic) bond motifs is 2. The summed E-state index contributed by atoms with van der Waals surface area (Å²) in [5.41, 5.74) is 5.97. The van der Waals surface area contributed by atoms with Gasteiger partial charge >= 0.3 is 6.03 Å². The molecule has 1 aliphatic rings. The lowest BCUT2D eigenvalue weighted by Gasteiger charge is -2.33. The van der Waals surface area contributed by atoms with Crippen LogP contribution in [-0.4, -0.2) is 27.1 Å². The third-order valence-electron chi connectivity index (χ3n) is 4.21. The van der Waals surface area contributed by atoms with Crippen molar-refractivity contribution in [3.05, 3.63) is 52.5 Å². The van der Waals surface area contributed by atoms with E-state index in [-0.39, 0.29) is 12.1 Å². The average molecular weight is 312 g/mol. The summed E-state index contributed by atoms with van der Waals surface area (Å²) in [7, 11) is 0. The molecule has 0 bridgehead atoms. The van der Waals surface area contributed by atoms with E-state index in [1.165, 1.54) is 10.4 Å². The lowest BCUT2D eigenvalue weighted by atomic mass is 10.0. The van der Waals surface area contributed by atoms with Crippen LogP contribution in [0.5, 0.6) is 0 Å². The molecular formula is C16H16N4OS. The van der Waals surface area contributed by atoms with E-state index in [0.717, 1.165) is 24.0 Å². The number of para-hydroxylation sites is 2. The topological polar surface area (TPSA) is 50.2 Å². The number of benzene rings is 1.